The number of aromatic nitrogens is 3. The topological polar surface area (TPSA) is 115 Å². The van der Waals surface area contributed by atoms with E-state index in [9.17, 15) is 4.79 Å². The number of aliphatic hydroxyl groups excluding tert-OH is 1. The molecule has 0 saturated carbocycles. The smallest absolute Gasteiger partial charge is 0.229 e. The van der Waals surface area contributed by atoms with E-state index in [-0.39, 0.29) is 6.61 Å². The third-order valence-electron chi connectivity index (χ3n) is 4.22. The number of rotatable bonds is 6. The molecule has 0 saturated heterocycles. The number of carbonyl (C=O) groups excluding carboxylic acids is 1. The van der Waals surface area contributed by atoms with Crippen LogP contribution in [0.5, 0.6) is 5.75 Å². The highest BCUT2D eigenvalue weighted by atomic mass is 16.5. The van der Waals surface area contributed by atoms with Crippen LogP contribution in [-0.2, 0) is 11.2 Å². The maximum absolute atomic E-state index is 12.1. The minimum Gasteiger partial charge on any atom is -0.497 e. The lowest BCUT2D eigenvalue weighted by Gasteiger charge is -2.32. The van der Waals surface area contributed by atoms with Crippen LogP contribution in [0.25, 0.3) is 0 Å². The number of anilines is 1. The molecule has 1 aliphatic heterocycles. The fraction of sp³-hybridized carbons (Fsp3) is 0.353. The van der Waals surface area contributed by atoms with Crippen LogP contribution < -0.4 is 15.8 Å². The number of carbonyl (C=O) groups is 1. The predicted molar refractivity (Wildman–Crippen MR) is 92.0 cm³/mol. The lowest BCUT2D eigenvalue weighted by molar-refractivity contribution is -0.121. The molecule has 2 heterocycles. The highest BCUT2D eigenvalue weighted by Crippen LogP contribution is 2.37. The number of hydrogen-bond donors (Lipinski definition) is 3. The number of ether oxygens (including phenoxy) is 1. The monoisotopic (exact) mass is 343 g/mol. The molecule has 0 aliphatic carbocycles. The number of hydrogen-bond acceptors (Lipinski definition) is 6. The van der Waals surface area contributed by atoms with E-state index in [0.717, 1.165) is 11.3 Å². The van der Waals surface area contributed by atoms with Crippen LogP contribution in [0.3, 0.4) is 0 Å². The van der Waals surface area contributed by atoms with Crippen molar-refractivity contribution in [3.63, 3.8) is 0 Å². The maximum atomic E-state index is 12.1. The molecule has 4 N–H and O–H groups in total. The lowest BCUT2D eigenvalue weighted by atomic mass is 9.89. The largest absolute Gasteiger partial charge is 0.497 e. The molecule has 0 fully saturated rings. The van der Waals surface area contributed by atoms with Crippen molar-refractivity contribution in [3.05, 3.63) is 47.9 Å². The minimum absolute atomic E-state index is 0.0653. The summed E-state index contributed by atoms with van der Waals surface area (Å²) in [5, 5.41) is 16.5. The van der Waals surface area contributed by atoms with Crippen molar-refractivity contribution < 1.29 is 14.6 Å². The van der Waals surface area contributed by atoms with E-state index in [1.807, 2.05) is 24.3 Å². The number of aliphatic hydroxyl groups is 1. The molecule has 8 nitrogen and oxygen atoms in total. The Bertz CT molecular complexity index is 784. The number of nitrogens with two attached hydrogens (primary N) is 1. The summed E-state index contributed by atoms with van der Waals surface area (Å²) in [7, 11) is 1.59. The van der Waals surface area contributed by atoms with Gasteiger partial charge >= 0.3 is 0 Å². The molecule has 0 bridgehead atoms. The number of aryl methyl sites for hydroxylation is 1. The van der Waals surface area contributed by atoms with Gasteiger partial charge in [0.05, 0.1) is 13.2 Å². The summed E-state index contributed by atoms with van der Waals surface area (Å²) in [5.41, 5.74) is 6.97. The third kappa shape index (κ3) is 3.20. The van der Waals surface area contributed by atoms with Gasteiger partial charge in [-0.2, -0.15) is 10.1 Å². The Balaban J connectivity index is 2.05. The van der Waals surface area contributed by atoms with Gasteiger partial charge in [-0.3, -0.25) is 4.79 Å². The lowest BCUT2D eigenvalue weighted by Crippen LogP contribution is -2.40. The van der Waals surface area contributed by atoms with Crippen molar-refractivity contribution in [2.45, 2.75) is 18.9 Å². The Labute approximate surface area is 145 Å². The van der Waals surface area contributed by atoms with Crippen LogP contribution in [0, 0.1) is 5.92 Å². The second-order valence-corrected chi connectivity index (χ2v) is 5.87. The zero-order chi connectivity index (χ0) is 18.0. The van der Waals surface area contributed by atoms with Crippen molar-refractivity contribution in [2.24, 2.45) is 11.7 Å². The van der Waals surface area contributed by atoms with Crippen LogP contribution >= 0.6 is 0 Å². The molecule has 0 spiro atoms. The van der Waals surface area contributed by atoms with Gasteiger partial charge in [-0.1, -0.05) is 18.7 Å². The molecule has 8 heteroatoms. The summed E-state index contributed by atoms with van der Waals surface area (Å²) in [4.78, 5) is 16.5. The number of nitrogens with zero attached hydrogens (tertiary/aromatic N) is 3. The predicted octanol–water partition coefficient (Wildman–Crippen LogP) is 0.842. The summed E-state index contributed by atoms with van der Waals surface area (Å²) in [6.45, 7) is 4.00. The first-order chi connectivity index (χ1) is 12.0. The molecule has 1 aliphatic rings. The Morgan fingerprint density at radius 2 is 2.16 bits per heavy atom. The van der Waals surface area contributed by atoms with E-state index in [2.05, 4.69) is 22.0 Å². The standard InChI is InChI=1S/C17H21N5O3/c1-10-14(16(18)24)15(11-5-7-12(25-2)8-6-11)22-17(19-10)20-13(21-22)4-3-9-23/h5-8,14-15,23H,1,3-4,9H2,2H3,(H2,18,24)(H,19,20,21)/t14-,15+/m0/s1. The fourth-order valence-electron chi connectivity index (χ4n) is 3.00. The summed E-state index contributed by atoms with van der Waals surface area (Å²) in [6, 6.07) is 6.94. The van der Waals surface area contributed by atoms with Gasteiger partial charge in [-0.15, -0.1) is 0 Å². The van der Waals surface area contributed by atoms with Gasteiger partial charge in [0.15, 0.2) is 5.82 Å². The molecule has 0 unspecified atom stereocenters. The van der Waals surface area contributed by atoms with Crippen molar-refractivity contribution in [1.29, 1.82) is 0 Å². The van der Waals surface area contributed by atoms with E-state index in [1.54, 1.807) is 11.8 Å². The Morgan fingerprint density at radius 1 is 1.44 bits per heavy atom. The number of amides is 1. The van der Waals surface area contributed by atoms with Crippen molar-refractivity contribution in [2.75, 3.05) is 19.0 Å². The van der Waals surface area contributed by atoms with Crippen molar-refractivity contribution in [3.8, 4) is 5.75 Å². The molecule has 25 heavy (non-hydrogen) atoms. The van der Waals surface area contributed by atoms with Gasteiger partial charge in [-0.05, 0) is 24.1 Å². The number of primary amides is 1. The van der Waals surface area contributed by atoms with Gasteiger partial charge in [0.25, 0.3) is 0 Å². The van der Waals surface area contributed by atoms with E-state index in [1.165, 1.54) is 0 Å². The molecule has 1 aromatic carbocycles. The highest BCUT2D eigenvalue weighted by molar-refractivity contribution is 5.82. The Morgan fingerprint density at radius 3 is 2.76 bits per heavy atom. The summed E-state index contributed by atoms with van der Waals surface area (Å²) in [6.07, 6.45) is 1.11. The Hall–Kier alpha value is -2.87. The fourth-order valence-corrected chi connectivity index (χ4v) is 3.00. The molecule has 0 radical (unpaired) electrons. The second-order valence-electron chi connectivity index (χ2n) is 5.87. The first-order valence-electron chi connectivity index (χ1n) is 8.00. The highest BCUT2D eigenvalue weighted by Gasteiger charge is 2.38. The molecule has 2 atom stereocenters. The molecule has 2 aromatic rings. The van der Waals surface area contributed by atoms with Crippen LogP contribution in [-0.4, -0.2) is 39.5 Å². The third-order valence-corrected chi connectivity index (χ3v) is 4.22. The number of benzene rings is 1. The summed E-state index contributed by atoms with van der Waals surface area (Å²) < 4.78 is 6.86. The molecular weight excluding hydrogens is 322 g/mol. The normalized spacial score (nSPS) is 19.2. The summed E-state index contributed by atoms with van der Waals surface area (Å²) >= 11 is 0. The van der Waals surface area contributed by atoms with Gasteiger partial charge < -0.3 is 20.9 Å². The molecular formula is C17H21N5O3. The SMILES string of the molecule is C=C1Nc2nc(CCCO)nn2[C@H](c2ccc(OC)cc2)[C@H]1C(N)=O. The average Bonchev–Trinajstić information content (AvgIpc) is 3.00. The van der Waals surface area contributed by atoms with E-state index >= 15 is 0 Å². The van der Waals surface area contributed by atoms with Crippen molar-refractivity contribution in [1.82, 2.24) is 14.8 Å². The van der Waals surface area contributed by atoms with Gasteiger partial charge in [0.1, 0.15) is 11.7 Å². The Kier molecular flexibility index (Phi) is 4.71. The molecule has 1 amide bonds. The number of methoxy groups -OCH3 is 1. The van der Waals surface area contributed by atoms with E-state index < -0.39 is 17.9 Å². The minimum atomic E-state index is -0.659. The zero-order valence-electron chi connectivity index (χ0n) is 14.0. The number of nitrogens with one attached hydrogen (secondary N) is 1. The molecule has 132 valence electrons. The second kappa shape index (κ2) is 6.94. The molecule has 1 aromatic heterocycles. The number of fused-ring (bicyclic) bond motifs is 1. The van der Waals surface area contributed by atoms with Crippen LogP contribution in [0.15, 0.2) is 36.5 Å². The van der Waals surface area contributed by atoms with Crippen LogP contribution in [0.4, 0.5) is 5.95 Å². The zero-order valence-corrected chi connectivity index (χ0v) is 14.0. The van der Waals surface area contributed by atoms with Crippen LogP contribution in [0.2, 0.25) is 0 Å². The van der Waals surface area contributed by atoms with E-state index in [4.69, 9.17) is 15.6 Å². The molecule has 3 rings (SSSR count). The van der Waals surface area contributed by atoms with Crippen molar-refractivity contribution >= 4 is 11.9 Å². The first kappa shape index (κ1) is 17.0. The van der Waals surface area contributed by atoms with Gasteiger partial charge in [0.2, 0.25) is 11.9 Å². The quantitative estimate of drug-likeness (QED) is 0.716. The average molecular weight is 343 g/mol. The van der Waals surface area contributed by atoms with Gasteiger partial charge in [0, 0.05) is 18.7 Å². The summed E-state index contributed by atoms with van der Waals surface area (Å²) in [5.74, 6) is 0.670. The van der Waals surface area contributed by atoms with Crippen LogP contribution in [0.1, 0.15) is 23.9 Å². The maximum Gasteiger partial charge on any atom is 0.229 e. The van der Waals surface area contributed by atoms with Gasteiger partial charge in [-0.25, -0.2) is 4.68 Å². The van der Waals surface area contributed by atoms with E-state index in [0.29, 0.717) is 30.3 Å². The first-order valence-corrected chi connectivity index (χ1v) is 8.00.